The van der Waals surface area contributed by atoms with E-state index in [1.807, 2.05) is 0 Å². The third-order valence-corrected chi connectivity index (χ3v) is 3.44. The number of carbonyl (C=O) groups excluding carboxylic acids is 3. The molecule has 0 radical (unpaired) electrons. The number of ketones is 2. The minimum absolute atomic E-state index is 0.202. The first-order valence-corrected chi connectivity index (χ1v) is 6.38. The smallest absolute Gasteiger partial charge is 0.249 e. The van der Waals surface area contributed by atoms with Crippen LogP contribution in [-0.4, -0.2) is 17.5 Å². The van der Waals surface area contributed by atoms with E-state index >= 15 is 0 Å². The maximum atomic E-state index is 12.6. The molecule has 102 valence electrons. The number of rotatable bonds is 2. The van der Waals surface area contributed by atoms with Crippen molar-refractivity contribution in [2.75, 3.05) is 0 Å². The van der Waals surface area contributed by atoms with Crippen LogP contribution in [0.2, 0.25) is 0 Å². The molecule has 2 N–H and O–H groups in total. The Bertz CT molecular complexity index is 818. The van der Waals surface area contributed by atoms with Gasteiger partial charge in [-0.2, -0.15) is 0 Å². The summed E-state index contributed by atoms with van der Waals surface area (Å²) >= 11 is 0. The molecule has 1 aliphatic carbocycles. The normalized spacial score (nSPS) is 13.6. The molecular weight excluding hydrogens is 266 g/mol. The van der Waals surface area contributed by atoms with Crippen LogP contribution < -0.4 is 5.73 Å². The molecule has 2 aromatic rings. The maximum absolute atomic E-state index is 12.6. The van der Waals surface area contributed by atoms with Crippen molar-refractivity contribution in [2.45, 2.75) is 0 Å². The molecule has 2 aromatic carbocycles. The molecule has 0 spiro atoms. The Kier molecular flexibility index (Phi) is 2.99. The van der Waals surface area contributed by atoms with E-state index < -0.39 is 5.91 Å². The van der Waals surface area contributed by atoms with Gasteiger partial charge in [0.2, 0.25) is 5.91 Å². The van der Waals surface area contributed by atoms with Gasteiger partial charge in [0.1, 0.15) is 0 Å². The quantitative estimate of drug-likeness (QED) is 0.914. The predicted octanol–water partition coefficient (Wildman–Crippen LogP) is 2.25. The topological polar surface area (TPSA) is 77.2 Å². The van der Waals surface area contributed by atoms with Crippen molar-refractivity contribution in [3.63, 3.8) is 0 Å². The van der Waals surface area contributed by atoms with Gasteiger partial charge in [0, 0.05) is 22.3 Å². The molecule has 0 bridgehead atoms. The molecule has 0 unspecified atom stereocenters. The van der Waals surface area contributed by atoms with Crippen molar-refractivity contribution >= 4 is 23.0 Å². The Hall–Kier alpha value is -3.01. The lowest BCUT2D eigenvalue weighted by Crippen LogP contribution is -2.19. The molecule has 1 aliphatic rings. The lowest BCUT2D eigenvalue weighted by molar-refractivity contribution is 0.0994. The molecule has 0 fully saturated rings. The summed E-state index contributed by atoms with van der Waals surface area (Å²) in [5, 5.41) is 0. The van der Waals surface area contributed by atoms with E-state index in [0.717, 1.165) is 0 Å². The van der Waals surface area contributed by atoms with Crippen molar-refractivity contribution in [3.05, 3.63) is 76.9 Å². The van der Waals surface area contributed by atoms with E-state index in [2.05, 4.69) is 0 Å². The molecule has 0 aliphatic heterocycles. The summed E-state index contributed by atoms with van der Waals surface area (Å²) in [5.41, 5.74) is 6.87. The van der Waals surface area contributed by atoms with Gasteiger partial charge in [-0.15, -0.1) is 0 Å². The summed E-state index contributed by atoms with van der Waals surface area (Å²) in [7, 11) is 0. The van der Waals surface area contributed by atoms with E-state index in [9.17, 15) is 14.4 Å². The van der Waals surface area contributed by atoms with Gasteiger partial charge in [-0.1, -0.05) is 42.5 Å². The molecular formula is C17H11NO3. The highest BCUT2D eigenvalue weighted by molar-refractivity contribution is 6.39. The Labute approximate surface area is 120 Å². The van der Waals surface area contributed by atoms with Gasteiger partial charge in [-0.05, 0) is 17.7 Å². The summed E-state index contributed by atoms with van der Waals surface area (Å²) < 4.78 is 0. The number of hydrogen-bond acceptors (Lipinski definition) is 3. The third-order valence-electron chi connectivity index (χ3n) is 3.44. The standard InChI is InChI=1S/C17H11NO3/c18-17(21)13-8-4-1-5-10(13)14-9-15(19)11-6-2-3-7-12(11)16(14)20/h1-9H,(H2,18,21). The Morgan fingerprint density at radius 2 is 1.38 bits per heavy atom. The molecule has 4 nitrogen and oxygen atoms in total. The Morgan fingerprint density at radius 1 is 0.810 bits per heavy atom. The highest BCUT2D eigenvalue weighted by Crippen LogP contribution is 2.29. The number of amides is 1. The summed E-state index contributed by atoms with van der Waals surface area (Å²) in [5.74, 6) is -1.16. The number of primary amides is 1. The first-order valence-electron chi connectivity index (χ1n) is 6.38. The first kappa shape index (κ1) is 13.0. The van der Waals surface area contributed by atoms with E-state index in [4.69, 9.17) is 5.73 Å². The van der Waals surface area contributed by atoms with Crippen LogP contribution in [0, 0.1) is 0 Å². The molecule has 4 heteroatoms. The van der Waals surface area contributed by atoms with Gasteiger partial charge in [-0.3, -0.25) is 14.4 Å². The second-order valence-electron chi connectivity index (χ2n) is 4.71. The first-order chi connectivity index (χ1) is 10.1. The number of fused-ring (bicyclic) bond motifs is 1. The van der Waals surface area contributed by atoms with E-state index in [-0.39, 0.29) is 22.7 Å². The van der Waals surface area contributed by atoms with Crippen molar-refractivity contribution in [1.82, 2.24) is 0 Å². The number of allylic oxidation sites excluding steroid dienone is 2. The van der Waals surface area contributed by atoms with Crippen molar-refractivity contribution < 1.29 is 14.4 Å². The summed E-state index contributed by atoms with van der Waals surface area (Å²) in [6.45, 7) is 0. The van der Waals surface area contributed by atoms with Gasteiger partial charge >= 0.3 is 0 Å². The number of benzene rings is 2. The van der Waals surface area contributed by atoms with E-state index in [1.165, 1.54) is 12.1 Å². The summed E-state index contributed by atoms with van der Waals surface area (Å²) in [4.78, 5) is 36.2. The third kappa shape index (κ3) is 2.07. The number of nitrogens with two attached hydrogens (primary N) is 1. The van der Waals surface area contributed by atoms with Crippen LogP contribution in [-0.2, 0) is 0 Å². The largest absolute Gasteiger partial charge is 0.366 e. The lowest BCUT2D eigenvalue weighted by Gasteiger charge is -2.16. The fraction of sp³-hybridized carbons (Fsp3) is 0. The number of Topliss-reactive ketones (excluding diaryl/α,β-unsaturated/α-hetero) is 1. The Morgan fingerprint density at radius 3 is 2.05 bits per heavy atom. The van der Waals surface area contributed by atoms with Crippen molar-refractivity contribution in [2.24, 2.45) is 5.73 Å². The molecule has 0 saturated heterocycles. The van der Waals surface area contributed by atoms with Crippen LogP contribution in [0.15, 0.2) is 54.6 Å². The van der Waals surface area contributed by atoms with Gasteiger partial charge in [0.05, 0.1) is 0 Å². The van der Waals surface area contributed by atoms with Crippen molar-refractivity contribution in [1.29, 1.82) is 0 Å². The SMILES string of the molecule is NC(=O)c1ccccc1C1=CC(=O)c2ccccc2C1=O. The van der Waals surface area contributed by atoms with Crippen LogP contribution >= 0.6 is 0 Å². The van der Waals surface area contributed by atoms with Crippen LogP contribution in [0.1, 0.15) is 36.6 Å². The molecule has 3 rings (SSSR count). The van der Waals surface area contributed by atoms with E-state index in [0.29, 0.717) is 16.7 Å². The van der Waals surface area contributed by atoms with Gasteiger partial charge < -0.3 is 5.73 Å². The van der Waals surface area contributed by atoms with Gasteiger partial charge in [0.25, 0.3) is 0 Å². The second kappa shape index (κ2) is 4.83. The summed E-state index contributed by atoms with van der Waals surface area (Å²) in [6.07, 6.45) is 1.27. The van der Waals surface area contributed by atoms with Gasteiger partial charge in [0.15, 0.2) is 11.6 Å². The fourth-order valence-corrected chi connectivity index (χ4v) is 2.45. The van der Waals surface area contributed by atoms with Crippen LogP contribution in [0.5, 0.6) is 0 Å². The van der Waals surface area contributed by atoms with Crippen LogP contribution in [0.4, 0.5) is 0 Å². The molecule has 0 atom stereocenters. The van der Waals surface area contributed by atoms with Crippen LogP contribution in [0.3, 0.4) is 0 Å². The maximum Gasteiger partial charge on any atom is 0.249 e. The lowest BCUT2D eigenvalue weighted by atomic mass is 9.85. The number of hydrogen-bond donors (Lipinski definition) is 1. The molecule has 21 heavy (non-hydrogen) atoms. The number of carbonyl (C=O) groups is 3. The highest BCUT2D eigenvalue weighted by Gasteiger charge is 2.27. The molecule has 1 amide bonds. The summed E-state index contributed by atoms with van der Waals surface area (Å²) in [6, 6.07) is 13.1. The minimum atomic E-state index is -0.634. The average molecular weight is 277 g/mol. The Balaban J connectivity index is 2.20. The zero-order valence-electron chi connectivity index (χ0n) is 11.0. The highest BCUT2D eigenvalue weighted by atomic mass is 16.1. The average Bonchev–Trinajstić information content (AvgIpc) is 2.51. The zero-order valence-corrected chi connectivity index (χ0v) is 11.0. The van der Waals surface area contributed by atoms with E-state index in [1.54, 1.807) is 42.5 Å². The minimum Gasteiger partial charge on any atom is -0.366 e. The molecule has 0 heterocycles. The second-order valence-corrected chi connectivity index (χ2v) is 4.71. The van der Waals surface area contributed by atoms with Crippen LogP contribution in [0.25, 0.3) is 5.57 Å². The molecule has 0 aromatic heterocycles. The molecule has 0 saturated carbocycles. The zero-order chi connectivity index (χ0) is 15.0. The van der Waals surface area contributed by atoms with Crippen molar-refractivity contribution in [3.8, 4) is 0 Å². The predicted molar refractivity (Wildman–Crippen MR) is 78.0 cm³/mol. The monoisotopic (exact) mass is 277 g/mol. The van der Waals surface area contributed by atoms with Gasteiger partial charge in [-0.25, -0.2) is 0 Å². The fourth-order valence-electron chi connectivity index (χ4n) is 2.45.